The van der Waals surface area contributed by atoms with Gasteiger partial charge in [-0.05, 0) is 55.2 Å². The van der Waals surface area contributed by atoms with E-state index in [9.17, 15) is 4.79 Å². The van der Waals surface area contributed by atoms with Crippen LogP contribution in [-0.2, 0) is 21.9 Å². The quantitative estimate of drug-likeness (QED) is 0.157. The Morgan fingerprint density at radius 1 is 1.07 bits per heavy atom. The lowest BCUT2D eigenvalue weighted by molar-refractivity contribution is -0.139. The number of anilines is 1. The molecule has 0 saturated carbocycles. The first-order valence-electron chi connectivity index (χ1n) is 13.2. The van der Waals surface area contributed by atoms with Crippen molar-refractivity contribution in [3.63, 3.8) is 0 Å². The number of nitrogens with zero attached hydrogens (tertiary/aromatic N) is 3. The highest BCUT2D eigenvalue weighted by atomic mass is 35.5. The average molecular weight is 575 g/mol. The summed E-state index contributed by atoms with van der Waals surface area (Å²) in [5.41, 5.74) is 5.37. The maximum absolute atomic E-state index is 13.2. The van der Waals surface area contributed by atoms with E-state index in [-0.39, 0.29) is 5.97 Å². The van der Waals surface area contributed by atoms with Gasteiger partial charge in [-0.15, -0.1) is 5.10 Å². The molecule has 4 aromatic rings. The summed E-state index contributed by atoms with van der Waals surface area (Å²) in [4.78, 5) is 18.0. The summed E-state index contributed by atoms with van der Waals surface area (Å²) in [5, 5.41) is 9.34. The number of hydrogen-bond donors (Lipinski definition) is 1. The first-order valence-corrected chi connectivity index (χ1v) is 14.5. The number of esters is 1. The Morgan fingerprint density at radius 2 is 1.88 bits per heavy atom. The molecule has 0 amide bonds. The van der Waals surface area contributed by atoms with Gasteiger partial charge in [0.1, 0.15) is 18.4 Å². The number of halogens is 1. The molecule has 1 aliphatic rings. The third-order valence-electron chi connectivity index (χ3n) is 6.49. The van der Waals surface area contributed by atoms with E-state index < -0.39 is 6.04 Å². The Bertz CT molecular complexity index is 1530. The first-order chi connectivity index (χ1) is 19.4. The van der Waals surface area contributed by atoms with Gasteiger partial charge in [-0.1, -0.05) is 90.4 Å². The molecule has 2 heterocycles. The number of aryl methyl sites for hydroxylation is 1. The van der Waals surface area contributed by atoms with Crippen molar-refractivity contribution in [1.29, 1.82) is 0 Å². The van der Waals surface area contributed by atoms with Crippen molar-refractivity contribution in [3.8, 4) is 5.75 Å². The molecule has 3 aromatic carbocycles. The second-order valence-corrected chi connectivity index (χ2v) is 10.9. The molecule has 0 radical (unpaired) electrons. The SMILES string of the molecule is CCCOC(=O)C1=C(C)Nc2nc(SCc3ccccc3Cl)nn2C1c1ccc(OCc2cccc(C)c2)cc1. The zero-order valence-electron chi connectivity index (χ0n) is 22.7. The highest BCUT2D eigenvalue weighted by Crippen LogP contribution is 2.38. The van der Waals surface area contributed by atoms with Crippen LogP contribution in [0.5, 0.6) is 5.75 Å². The van der Waals surface area contributed by atoms with Gasteiger partial charge in [0.05, 0.1) is 12.2 Å². The number of thioether (sulfide) groups is 1. The summed E-state index contributed by atoms with van der Waals surface area (Å²) in [7, 11) is 0. The number of nitrogens with one attached hydrogen (secondary N) is 1. The molecular formula is C31H31ClN4O3S. The van der Waals surface area contributed by atoms with Crippen molar-refractivity contribution < 1.29 is 14.3 Å². The van der Waals surface area contributed by atoms with Gasteiger partial charge < -0.3 is 14.8 Å². The van der Waals surface area contributed by atoms with Crippen LogP contribution in [0.15, 0.2) is 89.2 Å². The summed E-state index contributed by atoms with van der Waals surface area (Å²) in [5.74, 6) is 1.56. The third-order valence-corrected chi connectivity index (χ3v) is 7.74. The fourth-order valence-electron chi connectivity index (χ4n) is 4.51. The van der Waals surface area contributed by atoms with Crippen LogP contribution in [0.1, 0.15) is 48.6 Å². The molecule has 206 valence electrons. The van der Waals surface area contributed by atoms with Crippen LogP contribution in [0.25, 0.3) is 0 Å². The topological polar surface area (TPSA) is 78.3 Å². The predicted molar refractivity (Wildman–Crippen MR) is 159 cm³/mol. The molecular weight excluding hydrogens is 544 g/mol. The zero-order chi connectivity index (χ0) is 28.1. The normalized spacial score (nSPS) is 14.4. The molecule has 0 aliphatic carbocycles. The standard InChI is InChI=1S/C31H31ClN4O3S/c1-4-16-38-29(37)27-21(3)33-30-34-31(40-19-24-10-5-6-11-26(24)32)35-36(30)28(27)23-12-14-25(15-13-23)39-18-22-9-7-8-20(2)17-22/h5-15,17,28H,4,16,18-19H2,1-3H3,(H,33,34,35). The largest absolute Gasteiger partial charge is 0.489 e. The van der Waals surface area contributed by atoms with E-state index in [0.717, 1.165) is 28.9 Å². The summed E-state index contributed by atoms with van der Waals surface area (Å²) >= 11 is 7.84. The van der Waals surface area contributed by atoms with Crippen molar-refractivity contribution in [1.82, 2.24) is 14.8 Å². The Morgan fingerprint density at radius 3 is 2.62 bits per heavy atom. The summed E-state index contributed by atoms with van der Waals surface area (Å²) in [6.07, 6.45) is 0.737. The number of aromatic nitrogens is 3. The van der Waals surface area contributed by atoms with Crippen molar-refractivity contribution in [2.45, 2.75) is 50.8 Å². The fourth-order valence-corrected chi connectivity index (χ4v) is 5.63. The maximum Gasteiger partial charge on any atom is 0.338 e. The summed E-state index contributed by atoms with van der Waals surface area (Å²) < 4.78 is 13.4. The number of fused-ring (bicyclic) bond motifs is 1. The lowest BCUT2D eigenvalue weighted by Gasteiger charge is -2.28. The first kappa shape index (κ1) is 27.8. The predicted octanol–water partition coefficient (Wildman–Crippen LogP) is 7.35. The fraction of sp³-hybridized carbons (Fsp3) is 0.258. The zero-order valence-corrected chi connectivity index (χ0v) is 24.3. The molecule has 40 heavy (non-hydrogen) atoms. The van der Waals surface area contributed by atoms with Crippen molar-refractivity contribution >= 4 is 35.3 Å². The number of carbonyl (C=O) groups excluding carboxylic acids is 1. The van der Waals surface area contributed by atoms with Crippen LogP contribution in [0.3, 0.4) is 0 Å². The molecule has 1 N–H and O–H groups in total. The van der Waals surface area contributed by atoms with Crippen LogP contribution >= 0.6 is 23.4 Å². The Kier molecular flexibility index (Phi) is 8.77. The van der Waals surface area contributed by atoms with Gasteiger partial charge in [-0.2, -0.15) is 4.98 Å². The molecule has 1 aliphatic heterocycles. The molecule has 1 unspecified atom stereocenters. The Hall–Kier alpha value is -3.75. The van der Waals surface area contributed by atoms with Crippen LogP contribution in [-0.4, -0.2) is 27.3 Å². The van der Waals surface area contributed by atoms with E-state index in [1.165, 1.54) is 17.3 Å². The summed E-state index contributed by atoms with van der Waals surface area (Å²) in [6.45, 7) is 6.72. The van der Waals surface area contributed by atoms with Crippen LogP contribution in [0.2, 0.25) is 5.02 Å². The van der Waals surface area contributed by atoms with E-state index in [1.807, 2.05) is 74.5 Å². The molecule has 0 spiro atoms. The van der Waals surface area contributed by atoms with E-state index in [4.69, 9.17) is 31.2 Å². The van der Waals surface area contributed by atoms with Gasteiger partial charge in [0.15, 0.2) is 0 Å². The summed E-state index contributed by atoms with van der Waals surface area (Å²) in [6, 6.07) is 23.2. The molecule has 9 heteroatoms. The number of ether oxygens (including phenoxy) is 2. The van der Waals surface area contributed by atoms with E-state index in [1.54, 1.807) is 4.68 Å². The minimum Gasteiger partial charge on any atom is -0.489 e. The highest BCUT2D eigenvalue weighted by molar-refractivity contribution is 7.98. The molecule has 0 bridgehead atoms. The smallest absolute Gasteiger partial charge is 0.338 e. The molecule has 1 aromatic heterocycles. The monoisotopic (exact) mass is 574 g/mol. The van der Waals surface area contributed by atoms with E-state index in [2.05, 4.69) is 24.4 Å². The number of benzene rings is 3. The van der Waals surface area contributed by atoms with Gasteiger partial charge in [0, 0.05) is 16.5 Å². The lowest BCUT2D eigenvalue weighted by Crippen LogP contribution is -2.29. The van der Waals surface area contributed by atoms with Crippen molar-refractivity contribution in [2.75, 3.05) is 11.9 Å². The van der Waals surface area contributed by atoms with E-state index in [0.29, 0.717) is 46.4 Å². The molecule has 0 saturated heterocycles. The minimum absolute atomic E-state index is 0.344. The number of hydrogen-bond acceptors (Lipinski definition) is 7. The van der Waals surface area contributed by atoms with Crippen LogP contribution in [0.4, 0.5) is 5.95 Å². The second-order valence-electron chi connectivity index (χ2n) is 9.59. The average Bonchev–Trinajstić information content (AvgIpc) is 3.36. The molecule has 5 rings (SSSR count). The highest BCUT2D eigenvalue weighted by Gasteiger charge is 2.35. The molecule has 1 atom stereocenters. The number of rotatable bonds is 10. The van der Waals surface area contributed by atoms with Gasteiger partial charge in [-0.3, -0.25) is 0 Å². The Labute approximate surface area is 243 Å². The van der Waals surface area contributed by atoms with Gasteiger partial charge >= 0.3 is 5.97 Å². The van der Waals surface area contributed by atoms with Gasteiger partial charge in [0.2, 0.25) is 11.1 Å². The minimum atomic E-state index is -0.506. The number of carbonyl (C=O) groups is 1. The van der Waals surface area contributed by atoms with Gasteiger partial charge in [-0.25, -0.2) is 9.48 Å². The van der Waals surface area contributed by atoms with Crippen LogP contribution < -0.4 is 10.1 Å². The van der Waals surface area contributed by atoms with E-state index >= 15 is 0 Å². The van der Waals surface area contributed by atoms with Gasteiger partial charge in [0.25, 0.3) is 0 Å². The maximum atomic E-state index is 13.2. The van der Waals surface area contributed by atoms with Crippen molar-refractivity contribution in [3.05, 3.63) is 111 Å². The third kappa shape index (κ3) is 6.35. The Balaban J connectivity index is 1.41. The second kappa shape index (κ2) is 12.6. The van der Waals surface area contributed by atoms with Crippen molar-refractivity contribution in [2.24, 2.45) is 0 Å². The number of allylic oxidation sites excluding steroid dienone is 1. The lowest BCUT2D eigenvalue weighted by atomic mass is 9.96. The van der Waals surface area contributed by atoms with Crippen LogP contribution in [0, 0.1) is 6.92 Å². The molecule has 7 nitrogen and oxygen atoms in total. The molecule has 0 fully saturated rings.